The van der Waals surface area contributed by atoms with E-state index in [4.69, 9.17) is 0 Å². The zero-order chi connectivity index (χ0) is 17.9. The molecule has 5 nitrogen and oxygen atoms in total. The highest BCUT2D eigenvalue weighted by Crippen LogP contribution is 2.27. The molecule has 1 aromatic carbocycles. The highest BCUT2D eigenvalue weighted by atomic mass is 19.4. The number of alkyl halides is 3. The lowest BCUT2D eigenvalue weighted by molar-refractivity contribution is -0.146. The summed E-state index contributed by atoms with van der Waals surface area (Å²) in [6, 6.07) is 9.51. The highest BCUT2D eigenvalue weighted by Gasteiger charge is 2.37. The van der Waals surface area contributed by atoms with Crippen molar-refractivity contribution >= 4 is 5.78 Å². The molecule has 1 fully saturated rings. The molecule has 1 atom stereocenters. The van der Waals surface area contributed by atoms with Crippen molar-refractivity contribution in [2.24, 2.45) is 5.92 Å². The second-order valence-corrected chi connectivity index (χ2v) is 6.21. The third kappa shape index (κ3) is 4.66. The number of nitrogens with zero attached hydrogens (tertiary/aromatic N) is 3. The number of rotatable bonds is 5. The van der Waals surface area contributed by atoms with Crippen LogP contribution in [0.4, 0.5) is 13.2 Å². The van der Waals surface area contributed by atoms with Crippen molar-refractivity contribution in [3.8, 4) is 0 Å². The van der Waals surface area contributed by atoms with Gasteiger partial charge in [0.05, 0.1) is 6.54 Å². The minimum Gasteiger partial charge on any atom is -0.338 e. The third-order valence-electron chi connectivity index (χ3n) is 4.26. The maximum Gasteiger partial charge on any atom is 0.455 e. The van der Waals surface area contributed by atoms with Gasteiger partial charge in [-0.2, -0.15) is 18.2 Å². The van der Waals surface area contributed by atoms with Crippen LogP contribution in [0.2, 0.25) is 0 Å². The molecule has 0 aliphatic carbocycles. The first kappa shape index (κ1) is 17.6. The van der Waals surface area contributed by atoms with Gasteiger partial charge in [-0.05, 0) is 24.9 Å². The van der Waals surface area contributed by atoms with Crippen LogP contribution < -0.4 is 0 Å². The molecule has 2 heterocycles. The quantitative estimate of drug-likeness (QED) is 0.827. The zero-order valence-corrected chi connectivity index (χ0v) is 13.5. The van der Waals surface area contributed by atoms with E-state index in [1.54, 1.807) is 0 Å². The molecule has 0 radical (unpaired) electrons. The topological polar surface area (TPSA) is 59.2 Å². The van der Waals surface area contributed by atoms with Crippen molar-refractivity contribution in [1.82, 2.24) is 15.0 Å². The highest BCUT2D eigenvalue weighted by molar-refractivity contribution is 5.83. The van der Waals surface area contributed by atoms with Crippen LogP contribution in [-0.4, -0.2) is 33.9 Å². The normalized spacial score (nSPS) is 19.1. The van der Waals surface area contributed by atoms with E-state index in [1.807, 2.05) is 35.2 Å². The maximum atomic E-state index is 12.5. The molecule has 134 valence electrons. The van der Waals surface area contributed by atoms with Gasteiger partial charge in [-0.3, -0.25) is 9.69 Å². The van der Waals surface area contributed by atoms with E-state index >= 15 is 0 Å². The van der Waals surface area contributed by atoms with Crippen molar-refractivity contribution < 1.29 is 22.5 Å². The van der Waals surface area contributed by atoms with E-state index in [0.29, 0.717) is 19.5 Å². The van der Waals surface area contributed by atoms with Crippen LogP contribution in [0.1, 0.15) is 30.1 Å². The van der Waals surface area contributed by atoms with Gasteiger partial charge in [0.15, 0.2) is 0 Å². The SMILES string of the molecule is O=C(Cc1ccccc1)[C@H]1CCCN(Cc2nc(C(F)(F)F)no2)C1. The van der Waals surface area contributed by atoms with Crippen molar-refractivity contribution in [3.05, 3.63) is 47.6 Å². The average Bonchev–Trinajstić information content (AvgIpc) is 3.05. The lowest BCUT2D eigenvalue weighted by Crippen LogP contribution is -2.38. The van der Waals surface area contributed by atoms with Gasteiger partial charge in [0.1, 0.15) is 5.78 Å². The predicted octanol–water partition coefficient (Wildman–Crippen LogP) is 3.11. The molecule has 0 amide bonds. The molecular weight excluding hydrogens is 335 g/mol. The van der Waals surface area contributed by atoms with Gasteiger partial charge in [-0.15, -0.1) is 0 Å². The molecule has 1 saturated heterocycles. The summed E-state index contributed by atoms with van der Waals surface area (Å²) in [5.41, 5.74) is 0.969. The molecule has 1 aliphatic rings. The van der Waals surface area contributed by atoms with Crippen LogP contribution in [-0.2, 0) is 23.9 Å². The first-order valence-electron chi connectivity index (χ1n) is 8.10. The van der Waals surface area contributed by atoms with Crippen LogP contribution in [0, 0.1) is 5.92 Å². The number of halogens is 3. The number of likely N-dealkylation sites (tertiary alicyclic amines) is 1. The number of ketones is 1. The Labute approximate surface area is 142 Å². The van der Waals surface area contributed by atoms with Crippen LogP contribution in [0.25, 0.3) is 0 Å². The Balaban J connectivity index is 1.57. The van der Waals surface area contributed by atoms with Crippen LogP contribution >= 0.6 is 0 Å². The van der Waals surface area contributed by atoms with E-state index < -0.39 is 12.0 Å². The zero-order valence-electron chi connectivity index (χ0n) is 13.5. The number of aromatic nitrogens is 2. The fraction of sp³-hybridized carbons (Fsp3) is 0.471. The van der Waals surface area contributed by atoms with E-state index in [9.17, 15) is 18.0 Å². The van der Waals surface area contributed by atoms with Gasteiger partial charge in [0.25, 0.3) is 5.82 Å². The minimum absolute atomic E-state index is 0.0801. The largest absolute Gasteiger partial charge is 0.455 e. The van der Waals surface area contributed by atoms with Crippen molar-refractivity contribution in [2.75, 3.05) is 13.1 Å². The Morgan fingerprint density at radius 3 is 2.72 bits per heavy atom. The average molecular weight is 353 g/mol. The number of hydrogen-bond acceptors (Lipinski definition) is 5. The molecule has 2 aromatic rings. The molecule has 0 unspecified atom stereocenters. The lowest BCUT2D eigenvalue weighted by atomic mass is 9.90. The van der Waals surface area contributed by atoms with E-state index in [-0.39, 0.29) is 24.1 Å². The monoisotopic (exact) mass is 353 g/mol. The van der Waals surface area contributed by atoms with E-state index in [2.05, 4.69) is 14.7 Å². The van der Waals surface area contributed by atoms with Crippen LogP contribution in [0.3, 0.4) is 0 Å². The first-order chi connectivity index (χ1) is 11.9. The minimum atomic E-state index is -4.61. The van der Waals surface area contributed by atoms with E-state index in [1.165, 1.54) is 0 Å². The molecule has 3 rings (SSSR count). The molecule has 1 aliphatic heterocycles. The summed E-state index contributed by atoms with van der Waals surface area (Å²) in [6.45, 7) is 1.31. The van der Waals surface area contributed by atoms with Crippen LogP contribution in [0.5, 0.6) is 0 Å². The fourth-order valence-corrected chi connectivity index (χ4v) is 3.03. The summed E-state index contributed by atoms with van der Waals surface area (Å²) in [4.78, 5) is 17.8. The number of piperidine rings is 1. The van der Waals surface area contributed by atoms with Gasteiger partial charge in [-0.25, -0.2) is 0 Å². The molecule has 0 bridgehead atoms. The number of Topliss-reactive ketones (excluding diaryl/α,β-unsaturated/α-hetero) is 1. The standard InChI is InChI=1S/C17H18F3N3O2/c18-17(19,20)16-21-15(25-22-16)11-23-8-4-7-13(10-23)14(24)9-12-5-2-1-3-6-12/h1-3,5-6,13H,4,7-11H2/t13-/m0/s1. The molecule has 1 aromatic heterocycles. The van der Waals surface area contributed by atoms with Crippen molar-refractivity contribution in [3.63, 3.8) is 0 Å². The Morgan fingerprint density at radius 2 is 2.04 bits per heavy atom. The van der Waals surface area contributed by atoms with E-state index in [0.717, 1.165) is 18.4 Å². The van der Waals surface area contributed by atoms with Crippen molar-refractivity contribution in [2.45, 2.75) is 32.0 Å². The molecule has 25 heavy (non-hydrogen) atoms. The molecule has 8 heteroatoms. The Morgan fingerprint density at radius 1 is 1.28 bits per heavy atom. The first-order valence-corrected chi connectivity index (χ1v) is 8.10. The lowest BCUT2D eigenvalue weighted by Gasteiger charge is -2.30. The molecule has 0 spiro atoms. The predicted molar refractivity (Wildman–Crippen MR) is 82.5 cm³/mol. The second kappa shape index (κ2) is 7.35. The third-order valence-corrected chi connectivity index (χ3v) is 4.26. The molecule has 0 N–H and O–H groups in total. The Bertz CT molecular complexity index is 715. The Hall–Kier alpha value is -2.22. The second-order valence-electron chi connectivity index (χ2n) is 6.21. The summed E-state index contributed by atoms with van der Waals surface area (Å²) in [5.74, 6) is -1.32. The smallest absolute Gasteiger partial charge is 0.338 e. The van der Waals surface area contributed by atoms with Gasteiger partial charge in [0.2, 0.25) is 5.89 Å². The van der Waals surface area contributed by atoms with Gasteiger partial charge >= 0.3 is 6.18 Å². The van der Waals surface area contributed by atoms with Gasteiger partial charge in [0, 0.05) is 18.9 Å². The number of carbonyl (C=O) groups excluding carboxylic acids is 1. The van der Waals surface area contributed by atoms with Gasteiger partial charge in [-0.1, -0.05) is 35.5 Å². The molecule has 0 saturated carbocycles. The van der Waals surface area contributed by atoms with Gasteiger partial charge < -0.3 is 4.52 Å². The number of hydrogen-bond donors (Lipinski definition) is 0. The summed E-state index contributed by atoms with van der Waals surface area (Å²) in [6.07, 6.45) is -2.64. The summed E-state index contributed by atoms with van der Waals surface area (Å²) >= 11 is 0. The van der Waals surface area contributed by atoms with Crippen molar-refractivity contribution in [1.29, 1.82) is 0 Å². The fourth-order valence-electron chi connectivity index (χ4n) is 3.03. The summed E-state index contributed by atoms with van der Waals surface area (Å²) in [5, 5.41) is 2.96. The van der Waals surface area contributed by atoms with Crippen LogP contribution in [0.15, 0.2) is 34.9 Å². The number of carbonyl (C=O) groups is 1. The summed E-state index contributed by atoms with van der Waals surface area (Å²) < 4.78 is 42.2. The number of benzene rings is 1. The molecular formula is C17H18F3N3O2. The maximum absolute atomic E-state index is 12.5. The Kier molecular flexibility index (Phi) is 5.17. The summed E-state index contributed by atoms with van der Waals surface area (Å²) in [7, 11) is 0.